The van der Waals surface area contributed by atoms with Gasteiger partial charge in [0, 0.05) is 31.4 Å². The van der Waals surface area contributed by atoms with Crippen molar-refractivity contribution in [3.8, 4) is 0 Å². The van der Waals surface area contributed by atoms with Gasteiger partial charge in [-0.3, -0.25) is 9.58 Å². The zero-order chi connectivity index (χ0) is 11.8. The maximum atomic E-state index is 9.89. The molecule has 4 nitrogen and oxygen atoms in total. The minimum atomic E-state index is -0.620. The monoisotopic (exact) mass is 223 g/mol. The Morgan fingerprint density at radius 1 is 1.56 bits per heavy atom. The van der Waals surface area contributed by atoms with E-state index in [-0.39, 0.29) is 0 Å². The molecule has 0 amide bonds. The van der Waals surface area contributed by atoms with Gasteiger partial charge in [-0.25, -0.2) is 0 Å². The van der Waals surface area contributed by atoms with Crippen molar-refractivity contribution < 1.29 is 5.11 Å². The summed E-state index contributed by atoms with van der Waals surface area (Å²) >= 11 is 0. The van der Waals surface area contributed by atoms with Gasteiger partial charge in [-0.1, -0.05) is 0 Å². The molecule has 0 spiro atoms. The topological polar surface area (TPSA) is 41.3 Å². The van der Waals surface area contributed by atoms with Crippen molar-refractivity contribution in [3.05, 3.63) is 18.0 Å². The van der Waals surface area contributed by atoms with Crippen LogP contribution in [0.25, 0.3) is 0 Å². The second-order valence-electron chi connectivity index (χ2n) is 5.39. The molecule has 1 N–H and O–H groups in total. The van der Waals surface area contributed by atoms with Crippen LogP contribution in [-0.2, 0) is 7.05 Å². The van der Waals surface area contributed by atoms with Gasteiger partial charge >= 0.3 is 0 Å². The summed E-state index contributed by atoms with van der Waals surface area (Å²) in [5.41, 5.74) is 0.648. The lowest BCUT2D eigenvalue weighted by molar-refractivity contribution is 0.0317. The average Bonchev–Trinajstić information content (AvgIpc) is 2.71. The van der Waals surface area contributed by atoms with E-state index >= 15 is 0 Å². The molecule has 1 saturated heterocycles. The molecule has 0 aliphatic carbocycles. The highest BCUT2D eigenvalue weighted by Crippen LogP contribution is 2.32. The quantitative estimate of drug-likeness (QED) is 0.840. The van der Waals surface area contributed by atoms with Crippen LogP contribution in [0.2, 0.25) is 0 Å². The predicted molar refractivity (Wildman–Crippen MR) is 63.1 cm³/mol. The third-order valence-corrected chi connectivity index (χ3v) is 3.06. The molecule has 90 valence electrons. The van der Waals surface area contributed by atoms with Crippen molar-refractivity contribution in [2.75, 3.05) is 13.1 Å². The number of hydrogen-bond donors (Lipinski definition) is 1. The zero-order valence-corrected chi connectivity index (χ0v) is 10.3. The Balaban J connectivity index is 2.09. The molecule has 16 heavy (non-hydrogen) atoms. The van der Waals surface area contributed by atoms with E-state index in [2.05, 4.69) is 16.2 Å². The summed E-state index contributed by atoms with van der Waals surface area (Å²) in [6.45, 7) is 5.54. The smallest absolute Gasteiger partial charge is 0.0718 e. The Labute approximate surface area is 96.9 Å². The van der Waals surface area contributed by atoms with Crippen LogP contribution in [0.15, 0.2) is 12.4 Å². The third-order valence-electron chi connectivity index (χ3n) is 3.06. The van der Waals surface area contributed by atoms with Gasteiger partial charge in [0.15, 0.2) is 0 Å². The van der Waals surface area contributed by atoms with Gasteiger partial charge in [-0.2, -0.15) is 5.10 Å². The van der Waals surface area contributed by atoms with Gasteiger partial charge in [0.1, 0.15) is 0 Å². The van der Waals surface area contributed by atoms with E-state index in [0.29, 0.717) is 6.04 Å². The lowest BCUT2D eigenvalue weighted by Crippen LogP contribution is -2.38. The van der Waals surface area contributed by atoms with Crippen molar-refractivity contribution in [1.82, 2.24) is 14.7 Å². The van der Waals surface area contributed by atoms with E-state index in [0.717, 1.165) is 13.1 Å². The number of aliphatic hydroxyl groups is 1. The molecule has 1 aromatic rings. The summed E-state index contributed by atoms with van der Waals surface area (Å²) in [7, 11) is 1.94. The summed E-state index contributed by atoms with van der Waals surface area (Å²) in [5, 5.41) is 14.1. The van der Waals surface area contributed by atoms with E-state index < -0.39 is 5.60 Å². The van der Waals surface area contributed by atoms with Crippen LogP contribution in [0, 0.1) is 0 Å². The Hall–Kier alpha value is -0.870. The van der Waals surface area contributed by atoms with Crippen LogP contribution in [-0.4, -0.2) is 38.5 Å². The summed E-state index contributed by atoms with van der Waals surface area (Å²) < 4.78 is 1.84. The van der Waals surface area contributed by atoms with Gasteiger partial charge in [0.05, 0.1) is 11.8 Å². The number of rotatable bonds is 3. The third kappa shape index (κ3) is 2.62. The second-order valence-corrected chi connectivity index (χ2v) is 5.39. The molecular weight excluding hydrogens is 202 g/mol. The minimum Gasteiger partial charge on any atom is -0.389 e. The van der Waals surface area contributed by atoms with Gasteiger partial charge in [0.25, 0.3) is 0 Å². The fraction of sp³-hybridized carbons (Fsp3) is 0.750. The van der Waals surface area contributed by atoms with Crippen LogP contribution in [0.4, 0.5) is 0 Å². The summed E-state index contributed by atoms with van der Waals surface area (Å²) in [6, 6.07) is 0.431. The number of likely N-dealkylation sites (tertiary alicyclic amines) is 1. The molecule has 0 radical (unpaired) electrons. The minimum absolute atomic E-state index is 0.431. The number of nitrogens with zero attached hydrogens (tertiary/aromatic N) is 3. The van der Waals surface area contributed by atoms with Gasteiger partial charge in [-0.05, 0) is 33.2 Å². The molecular formula is C12H21N3O. The molecule has 1 aliphatic rings. The fourth-order valence-corrected chi connectivity index (χ4v) is 2.50. The van der Waals surface area contributed by atoms with Crippen molar-refractivity contribution in [2.45, 2.75) is 38.3 Å². The average molecular weight is 223 g/mol. The Bertz CT molecular complexity index is 353. The standard InChI is InChI=1S/C12H21N3O/c1-12(2,16)9-15-6-4-5-11(15)10-7-13-14(3)8-10/h7-8,11,16H,4-6,9H2,1-3H3. The lowest BCUT2D eigenvalue weighted by Gasteiger charge is -2.29. The molecule has 1 unspecified atom stereocenters. The molecule has 0 bridgehead atoms. The molecule has 4 heteroatoms. The molecule has 2 heterocycles. The maximum Gasteiger partial charge on any atom is 0.0718 e. The van der Waals surface area contributed by atoms with Gasteiger partial charge < -0.3 is 5.11 Å². The number of hydrogen-bond acceptors (Lipinski definition) is 3. The zero-order valence-electron chi connectivity index (χ0n) is 10.3. The first kappa shape index (κ1) is 11.6. The van der Waals surface area contributed by atoms with Crippen LogP contribution in [0.3, 0.4) is 0 Å². The van der Waals surface area contributed by atoms with Crippen molar-refractivity contribution in [2.24, 2.45) is 7.05 Å². The first-order valence-corrected chi connectivity index (χ1v) is 5.91. The molecule has 1 aromatic heterocycles. The first-order chi connectivity index (χ1) is 7.46. The molecule has 0 aromatic carbocycles. The molecule has 2 rings (SSSR count). The van der Waals surface area contributed by atoms with E-state index in [4.69, 9.17) is 0 Å². The maximum absolute atomic E-state index is 9.89. The molecule has 1 fully saturated rings. The normalized spacial score (nSPS) is 22.9. The number of β-amino-alcohol motifs (C(OH)–C–C–N with tert-alkyl or cyclic N) is 1. The van der Waals surface area contributed by atoms with E-state index in [1.165, 1.54) is 18.4 Å². The number of aromatic nitrogens is 2. The second kappa shape index (κ2) is 4.18. The summed E-state index contributed by atoms with van der Waals surface area (Å²) in [6.07, 6.45) is 6.39. The van der Waals surface area contributed by atoms with Crippen LogP contribution >= 0.6 is 0 Å². The summed E-state index contributed by atoms with van der Waals surface area (Å²) in [4.78, 5) is 2.36. The van der Waals surface area contributed by atoms with Gasteiger partial charge in [0.2, 0.25) is 0 Å². The van der Waals surface area contributed by atoms with Crippen molar-refractivity contribution in [1.29, 1.82) is 0 Å². The highest BCUT2D eigenvalue weighted by Gasteiger charge is 2.30. The Kier molecular flexibility index (Phi) is 3.04. The SMILES string of the molecule is Cn1cc(C2CCCN2CC(C)(C)O)cn1. The Morgan fingerprint density at radius 3 is 2.88 bits per heavy atom. The van der Waals surface area contributed by atoms with Crippen molar-refractivity contribution >= 4 is 0 Å². The summed E-state index contributed by atoms with van der Waals surface area (Å²) in [5.74, 6) is 0. The first-order valence-electron chi connectivity index (χ1n) is 5.91. The fourth-order valence-electron chi connectivity index (χ4n) is 2.50. The lowest BCUT2D eigenvalue weighted by atomic mass is 10.1. The molecule has 1 atom stereocenters. The van der Waals surface area contributed by atoms with E-state index in [9.17, 15) is 5.11 Å². The van der Waals surface area contributed by atoms with Crippen LogP contribution in [0.5, 0.6) is 0 Å². The number of aryl methyl sites for hydroxylation is 1. The van der Waals surface area contributed by atoms with Crippen molar-refractivity contribution in [3.63, 3.8) is 0 Å². The van der Waals surface area contributed by atoms with E-state index in [1.54, 1.807) is 0 Å². The van der Waals surface area contributed by atoms with Crippen LogP contribution in [0.1, 0.15) is 38.3 Å². The highest BCUT2D eigenvalue weighted by atomic mass is 16.3. The Morgan fingerprint density at radius 2 is 2.31 bits per heavy atom. The largest absolute Gasteiger partial charge is 0.389 e. The predicted octanol–water partition coefficient (Wildman–Crippen LogP) is 1.33. The van der Waals surface area contributed by atoms with Gasteiger partial charge in [-0.15, -0.1) is 0 Å². The highest BCUT2D eigenvalue weighted by molar-refractivity contribution is 5.12. The molecule has 0 saturated carbocycles. The van der Waals surface area contributed by atoms with Crippen LogP contribution < -0.4 is 0 Å². The molecule has 1 aliphatic heterocycles. The van der Waals surface area contributed by atoms with E-state index in [1.807, 2.05) is 31.8 Å².